The Morgan fingerprint density at radius 3 is 2.60 bits per heavy atom. The lowest BCUT2D eigenvalue weighted by Gasteiger charge is -2.10. The van der Waals surface area contributed by atoms with E-state index in [1.165, 1.54) is 19.2 Å². The van der Waals surface area contributed by atoms with E-state index in [1.807, 2.05) is 0 Å². The normalized spacial score (nSPS) is 10.2. The smallest absolute Gasteiger partial charge is 0.340 e. The topological polar surface area (TPSA) is 64.3 Å². The predicted octanol–water partition coefficient (Wildman–Crippen LogP) is 3.25. The molecule has 0 fully saturated rings. The van der Waals surface area contributed by atoms with E-state index in [2.05, 4.69) is 10.1 Å². The largest absolute Gasteiger partial charge is 0.465 e. The van der Waals surface area contributed by atoms with Crippen LogP contribution in [0.15, 0.2) is 36.4 Å². The molecule has 0 aliphatic carbocycles. The number of rotatable bonds is 3. The maximum atomic E-state index is 13.3. The van der Waals surface area contributed by atoms with Gasteiger partial charge in [-0.3, -0.25) is 0 Å². The van der Waals surface area contributed by atoms with Gasteiger partial charge in [-0.1, -0.05) is 0 Å². The highest BCUT2D eigenvalue weighted by atomic mass is 19.1. The number of aryl methyl sites for hydroxylation is 1. The highest BCUT2D eigenvalue weighted by molar-refractivity contribution is 5.96. The quantitative estimate of drug-likeness (QED) is 0.666. The Bertz CT molecular complexity index is 636. The van der Waals surface area contributed by atoms with Gasteiger partial charge in [-0.15, -0.1) is 0 Å². The van der Waals surface area contributed by atoms with Crippen molar-refractivity contribution in [3.63, 3.8) is 0 Å². The summed E-state index contributed by atoms with van der Waals surface area (Å²) in [4.78, 5) is 11.6. The second kappa shape index (κ2) is 5.61. The van der Waals surface area contributed by atoms with Crippen LogP contribution in [0.4, 0.5) is 21.5 Å². The van der Waals surface area contributed by atoms with Crippen LogP contribution in [-0.2, 0) is 4.74 Å². The van der Waals surface area contributed by atoms with Gasteiger partial charge >= 0.3 is 5.97 Å². The number of nitrogen functional groups attached to an aromatic ring is 1. The molecule has 2 aromatic carbocycles. The van der Waals surface area contributed by atoms with Crippen molar-refractivity contribution in [3.05, 3.63) is 53.3 Å². The van der Waals surface area contributed by atoms with Gasteiger partial charge in [-0.05, 0) is 48.9 Å². The number of nitrogens with two attached hydrogens (primary N) is 1. The zero-order valence-corrected chi connectivity index (χ0v) is 11.2. The number of methoxy groups -OCH3 is 1. The summed E-state index contributed by atoms with van der Waals surface area (Å²) in [7, 11) is 1.29. The van der Waals surface area contributed by atoms with Gasteiger partial charge in [0.2, 0.25) is 0 Å². The Hall–Kier alpha value is -2.56. The van der Waals surface area contributed by atoms with E-state index in [4.69, 9.17) is 5.73 Å². The van der Waals surface area contributed by atoms with Crippen LogP contribution in [0, 0.1) is 12.7 Å². The van der Waals surface area contributed by atoms with Crippen molar-refractivity contribution >= 4 is 23.0 Å². The first kappa shape index (κ1) is 13.9. The van der Waals surface area contributed by atoms with Gasteiger partial charge in [0.1, 0.15) is 5.82 Å². The summed E-state index contributed by atoms with van der Waals surface area (Å²) < 4.78 is 18.0. The van der Waals surface area contributed by atoms with E-state index < -0.39 is 5.97 Å². The van der Waals surface area contributed by atoms with E-state index in [-0.39, 0.29) is 11.4 Å². The number of carbonyl (C=O) groups excluding carboxylic acids is 1. The molecule has 0 heterocycles. The van der Waals surface area contributed by atoms with Crippen molar-refractivity contribution in [1.82, 2.24) is 0 Å². The molecule has 2 rings (SSSR count). The number of carbonyl (C=O) groups is 1. The predicted molar refractivity (Wildman–Crippen MR) is 76.6 cm³/mol. The van der Waals surface area contributed by atoms with Gasteiger partial charge in [-0.2, -0.15) is 0 Å². The Labute approximate surface area is 116 Å². The molecule has 0 aliphatic heterocycles. The number of esters is 1. The number of ether oxygens (including phenoxy) is 1. The molecule has 3 N–H and O–H groups in total. The van der Waals surface area contributed by atoms with Crippen molar-refractivity contribution in [2.75, 3.05) is 18.2 Å². The second-order valence-corrected chi connectivity index (χ2v) is 4.44. The van der Waals surface area contributed by atoms with Crippen molar-refractivity contribution in [3.8, 4) is 0 Å². The first-order valence-corrected chi connectivity index (χ1v) is 6.01. The molecule has 104 valence electrons. The summed E-state index contributed by atoms with van der Waals surface area (Å²) in [5, 5.41) is 3.03. The standard InChI is InChI=1S/C15H15FN2O2/c1-9-5-10(16)7-12(6-9)18-11-3-4-14(17)13(8-11)15(19)20-2/h3-8,18H,17H2,1-2H3. The number of nitrogens with one attached hydrogen (secondary N) is 1. The number of anilines is 3. The van der Waals surface area contributed by atoms with Gasteiger partial charge in [0.05, 0.1) is 12.7 Å². The summed E-state index contributed by atoms with van der Waals surface area (Å²) >= 11 is 0. The minimum absolute atomic E-state index is 0.269. The maximum Gasteiger partial charge on any atom is 0.340 e. The van der Waals surface area contributed by atoms with Crippen molar-refractivity contribution < 1.29 is 13.9 Å². The van der Waals surface area contributed by atoms with Crippen LogP contribution in [0.5, 0.6) is 0 Å². The molecule has 0 unspecified atom stereocenters. The third-order valence-electron chi connectivity index (χ3n) is 2.79. The van der Waals surface area contributed by atoms with Crippen LogP contribution in [0.25, 0.3) is 0 Å². The molecule has 0 amide bonds. The molecule has 20 heavy (non-hydrogen) atoms. The number of hydrogen-bond acceptors (Lipinski definition) is 4. The first-order chi connectivity index (χ1) is 9.49. The number of hydrogen-bond donors (Lipinski definition) is 2. The monoisotopic (exact) mass is 274 g/mol. The summed E-state index contributed by atoms with van der Waals surface area (Å²) in [6.07, 6.45) is 0. The molecular weight excluding hydrogens is 259 g/mol. The van der Waals surface area contributed by atoms with Crippen molar-refractivity contribution in [2.24, 2.45) is 0 Å². The Morgan fingerprint density at radius 1 is 1.20 bits per heavy atom. The third kappa shape index (κ3) is 3.06. The van der Waals surface area contributed by atoms with Crippen molar-refractivity contribution in [2.45, 2.75) is 6.92 Å². The van der Waals surface area contributed by atoms with Gasteiger partial charge < -0.3 is 15.8 Å². The third-order valence-corrected chi connectivity index (χ3v) is 2.79. The molecular formula is C15H15FN2O2. The van der Waals surface area contributed by atoms with Gasteiger partial charge in [-0.25, -0.2) is 9.18 Å². The molecule has 0 aromatic heterocycles. The SMILES string of the molecule is COC(=O)c1cc(Nc2cc(C)cc(F)c2)ccc1N. The summed E-state index contributed by atoms with van der Waals surface area (Å²) in [5.74, 6) is -0.835. The summed E-state index contributed by atoms with van der Waals surface area (Å²) in [5.41, 5.74) is 8.35. The number of benzene rings is 2. The fourth-order valence-electron chi connectivity index (χ4n) is 1.90. The molecule has 5 heteroatoms. The Morgan fingerprint density at radius 2 is 1.95 bits per heavy atom. The van der Waals surface area contributed by atoms with Crippen LogP contribution < -0.4 is 11.1 Å². The minimum atomic E-state index is -0.512. The van der Waals surface area contributed by atoms with E-state index in [0.717, 1.165) is 5.56 Å². The molecule has 4 nitrogen and oxygen atoms in total. The maximum absolute atomic E-state index is 13.3. The van der Waals surface area contributed by atoms with E-state index in [0.29, 0.717) is 17.1 Å². The van der Waals surface area contributed by atoms with E-state index >= 15 is 0 Å². The molecule has 0 atom stereocenters. The number of halogens is 1. The highest BCUT2D eigenvalue weighted by Crippen LogP contribution is 2.23. The van der Waals surface area contributed by atoms with Crippen LogP contribution in [0.1, 0.15) is 15.9 Å². The zero-order valence-electron chi connectivity index (χ0n) is 11.2. The van der Waals surface area contributed by atoms with Gasteiger partial charge in [0.15, 0.2) is 0 Å². The van der Waals surface area contributed by atoms with Crippen LogP contribution in [0.2, 0.25) is 0 Å². The zero-order chi connectivity index (χ0) is 14.7. The molecule has 0 aliphatic rings. The van der Waals surface area contributed by atoms with Crippen LogP contribution in [-0.4, -0.2) is 13.1 Å². The lowest BCUT2D eigenvalue weighted by Crippen LogP contribution is -2.06. The van der Waals surface area contributed by atoms with Crippen LogP contribution in [0.3, 0.4) is 0 Å². The molecule has 0 saturated carbocycles. The average molecular weight is 274 g/mol. The molecule has 0 saturated heterocycles. The summed E-state index contributed by atoms with van der Waals surface area (Å²) in [6.45, 7) is 1.80. The minimum Gasteiger partial charge on any atom is -0.465 e. The highest BCUT2D eigenvalue weighted by Gasteiger charge is 2.11. The molecule has 2 aromatic rings. The molecule has 0 bridgehead atoms. The molecule has 0 spiro atoms. The Kier molecular flexibility index (Phi) is 3.89. The lowest BCUT2D eigenvalue weighted by molar-refractivity contribution is 0.0602. The van der Waals surface area contributed by atoms with E-state index in [9.17, 15) is 9.18 Å². The molecule has 0 radical (unpaired) electrons. The van der Waals surface area contributed by atoms with Gasteiger partial charge in [0, 0.05) is 17.1 Å². The summed E-state index contributed by atoms with van der Waals surface area (Å²) in [6, 6.07) is 9.50. The van der Waals surface area contributed by atoms with Gasteiger partial charge in [0.25, 0.3) is 0 Å². The first-order valence-electron chi connectivity index (χ1n) is 6.01. The van der Waals surface area contributed by atoms with E-state index in [1.54, 1.807) is 31.2 Å². The van der Waals surface area contributed by atoms with Crippen molar-refractivity contribution in [1.29, 1.82) is 0 Å². The second-order valence-electron chi connectivity index (χ2n) is 4.44. The lowest BCUT2D eigenvalue weighted by atomic mass is 10.1. The van der Waals surface area contributed by atoms with Crippen LogP contribution >= 0.6 is 0 Å². The fraction of sp³-hybridized carbons (Fsp3) is 0.133. The average Bonchev–Trinajstić information content (AvgIpc) is 2.39. The fourth-order valence-corrected chi connectivity index (χ4v) is 1.90. The Balaban J connectivity index is 2.32.